The molecule has 1 saturated heterocycles. The molecule has 1 aliphatic heterocycles. The zero-order valence-electron chi connectivity index (χ0n) is 43.9. The Kier molecular flexibility index (Phi) is 22.3. The van der Waals surface area contributed by atoms with Crippen molar-refractivity contribution in [3.63, 3.8) is 0 Å². The first kappa shape index (κ1) is 59.1. The van der Waals surface area contributed by atoms with Crippen molar-refractivity contribution in [1.82, 2.24) is 0 Å². The Balaban J connectivity index is 1.45. The smallest absolute Gasteiger partial charge is 0.317 e. The van der Waals surface area contributed by atoms with Crippen LogP contribution in [-0.4, -0.2) is 87.1 Å². The molecule has 384 valence electrons. The van der Waals surface area contributed by atoms with Gasteiger partial charge in [0.25, 0.3) is 25.0 Å². The summed E-state index contributed by atoms with van der Waals surface area (Å²) >= 11 is 0. The zero-order valence-corrected chi connectivity index (χ0v) is 51.9. The highest BCUT2D eigenvalue weighted by Crippen LogP contribution is 2.39. The molecule has 0 spiro atoms. The molecule has 0 N–H and O–H groups in total. The highest BCUT2D eigenvalue weighted by Gasteiger charge is 2.56. The van der Waals surface area contributed by atoms with Crippen LogP contribution >= 0.6 is 0 Å². The summed E-state index contributed by atoms with van der Waals surface area (Å²) in [6.45, 7) is 44.5. The van der Waals surface area contributed by atoms with Gasteiger partial charge in [-0.05, 0) is 91.2 Å². The van der Waals surface area contributed by atoms with Crippen molar-refractivity contribution in [3.8, 4) is 0 Å². The van der Waals surface area contributed by atoms with E-state index in [2.05, 4.69) is 157 Å². The van der Waals surface area contributed by atoms with Crippen molar-refractivity contribution in [2.75, 3.05) is 19.8 Å². The fraction of sp³-hybridized carbons (Fsp3) is 0.298. The van der Waals surface area contributed by atoms with E-state index >= 15 is 0 Å². The van der Waals surface area contributed by atoms with E-state index in [1.54, 1.807) is 0 Å². The minimum absolute atomic E-state index is 0.509. The highest BCUT2D eigenvalue weighted by molar-refractivity contribution is 7.00. The lowest BCUT2D eigenvalue weighted by Gasteiger charge is -2.50. The van der Waals surface area contributed by atoms with Crippen molar-refractivity contribution in [3.05, 3.63) is 220 Å². The van der Waals surface area contributed by atoms with Gasteiger partial charge in [-0.15, -0.1) is 52.6 Å². The standard InChI is InChI=1S/C57H82O7Si8/c1-13-69(14-2,54-38-25-21-26-39-54)53-34-33-49-65(9)61-66(10,50-35-46-58-70(15-3,16-4)55-40-27-22-28-41-55)63-68(12,52-37-48-60-72(19-7,20-8)57-44-31-24-32-45-57)64-67(11,62-65)51-36-47-59-71(17-5,18-6)56-42-29-23-30-43-56/h13-32,38-45H,1-8,33-37,46-53H2,9-12H3. The lowest BCUT2D eigenvalue weighted by molar-refractivity contribution is 0.213. The predicted molar refractivity (Wildman–Crippen MR) is 325 cm³/mol. The maximum absolute atomic E-state index is 7.71. The SMILES string of the molecule is C=C[Si](C=C)(CCCC[Si]1(C)O[Si](C)(CCCO[Si](C=C)(C=C)c2ccccc2)O[Si](C)(CCCO[Si](C=C)(C=C)c2ccccc2)O[Si](C)(CCCO[Si](C=C)(C=C)c2ccccc2)O1)c1ccccc1. The highest BCUT2D eigenvalue weighted by atomic mass is 28.5. The van der Waals surface area contributed by atoms with E-state index in [0.29, 0.717) is 38.0 Å². The Morgan fingerprint density at radius 3 is 0.847 bits per heavy atom. The molecule has 0 saturated carbocycles. The summed E-state index contributed by atoms with van der Waals surface area (Å²) in [5.41, 5.74) is 16.1. The predicted octanol–water partition coefficient (Wildman–Crippen LogP) is 12.1. The average Bonchev–Trinajstić information content (AvgIpc) is 3.40. The van der Waals surface area contributed by atoms with Crippen LogP contribution in [0.3, 0.4) is 0 Å². The Labute approximate surface area is 442 Å². The first-order valence-electron chi connectivity index (χ1n) is 25.6. The van der Waals surface area contributed by atoms with Gasteiger partial charge in [0.2, 0.25) is 0 Å². The third-order valence-electron chi connectivity index (χ3n) is 14.1. The van der Waals surface area contributed by atoms with E-state index in [9.17, 15) is 0 Å². The van der Waals surface area contributed by atoms with Gasteiger partial charge in [0.05, 0.1) is 0 Å². The van der Waals surface area contributed by atoms with Gasteiger partial charge in [-0.1, -0.05) is 185 Å². The van der Waals surface area contributed by atoms with Crippen LogP contribution in [0, 0.1) is 0 Å². The van der Waals surface area contributed by atoms with Crippen molar-refractivity contribution >= 4 is 88.0 Å². The third-order valence-corrected chi connectivity index (χ3v) is 46.4. The van der Waals surface area contributed by atoms with Crippen LogP contribution in [0.5, 0.6) is 0 Å². The maximum Gasteiger partial charge on any atom is 0.317 e. The van der Waals surface area contributed by atoms with Crippen LogP contribution in [0.15, 0.2) is 220 Å². The topological polar surface area (TPSA) is 64.6 Å². The summed E-state index contributed by atoms with van der Waals surface area (Å²) < 4.78 is 51.3. The lowest BCUT2D eigenvalue weighted by atomic mass is 10.4. The summed E-state index contributed by atoms with van der Waals surface area (Å²) in [6.07, 6.45) is 4.14. The van der Waals surface area contributed by atoms with Crippen molar-refractivity contribution < 1.29 is 29.7 Å². The molecule has 72 heavy (non-hydrogen) atoms. The molecule has 1 fully saturated rings. The number of hydrogen-bond donors (Lipinski definition) is 0. The monoisotopic (exact) mass is 1100 g/mol. The summed E-state index contributed by atoms with van der Waals surface area (Å²) in [6, 6.07) is 45.7. The Morgan fingerprint density at radius 2 is 0.597 bits per heavy atom. The quantitative estimate of drug-likeness (QED) is 0.0357. The van der Waals surface area contributed by atoms with Crippen LogP contribution in [0.4, 0.5) is 0 Å². The van der Waals surface area contributed by atoms with Crippen molar-refractivity contribution in [1.29, 1.82) is 0 Å². The second-order valence-electron chi connectivity index (χ2n) is 19.5. The van der Waals surface area contributed by atoms with Gasteiger partial charge < -0.3 is 29.7 Å². The first-order valence-corrected chi connectivity index (χ1v) is 44.2. The van der Waals surface area contributed by atoms with Crippen LogP contribution in [0.1, 0.15) is 32.1 Å². The van der Waals surface area contributed by atoms with Crippen LogP contribution in [0.25, 0.3) is 0 Å². The molecular weight excluding hydrogens is 1020 g/mol. The van der Waals surface area contributed by atoms with Crippen LogP contribution in [0.2, 0.25) is 56.4 Å². The second kappa shape index (κ2) is 27.2. The summed E-state index contributed by atoms with van der Waals surface area (Å²) in [7, 11) is -22.2. The van der Waals surface area contributed by atoms with Gasteiger partial charge in [-0.3, -0.25) is 0 Å². The second-order valence-corrected chi connectivity index (χ2v) is 47.6. The van der Waals surface area contributed by atoms with Gasteiger partial charge in [-0.2, -0.15) is 0 Å². The molecule has 0 aromatic heterocycles. The molecule has 0 bridgehead atoms. The average molecular weight is 1100 g/mol. The van der Waals surface area contributed by atoms with Gasteiger partial charge in [0.1, 0.15) is 8.07 Å². The van der Waals surface area contributed by atoms with E-state index in [0.717, 1.165) is 59.8 Å². The molecule has 2 unspecified atom stereocenters. The molecule has 0 aliphatic carbocycles. The molecule has 4 aromatic rings. The van der Waals surface area contributed by atoms with Gasteiger partial charge in [0.15, 0.2) is 0 Å². The fourth-order valence-electron chi connectivity index (χ4n) is 10.2. The van der Waals surface area contributed by atoms with E-state index in [1.807, 2.05) is 88.8 Å². The molecule has 5 rings (SSSR count). The van der Waals surface area contributed by atoms with Gasteiger partial charge in [-0.25, -0.2) is 0 Å². The molecule has 1 heterocycles. The molecule has 2 atom stereocenters. The number of unbranched alkanes of at least 4 members (excludes halogenated alkanes) is 1. The minimum Gasteiger partial charge on any atom is -0.416 e. The van der Waals surface area contributed by atoms with Gasteiger partial charge >= 0.3 is 34.2 Å². The van der Waals surface area contributed by atoms with Crippen LogP contribution < -0.4 is 20.7 Å². The molecule has 0 radical (unpaired) electrons. The Bertz CT molecular complexity index is 2010. The molecular formula is C57H82O7Si8. The van der Waals surface area contributed by atoms with Crippen molar-refractivity contribution in [2.24, 2.45) is 0 Å². The zero-order chi connectivity index (χ0) is 52.3. The number of rotatable bonds is 32. The summed E-state index contributed by atoms with van der Waals surface area (Å²) in [5, 5.41) is 4.70. The number of benzene rings is 4. The molecule has 7 nitrogen and oxygen atoms in total. The molecule has 4 aromatic carbocycles. The van der Waals surface area contributed by atoms with E-state index in [-0.39, 0.29) is 0 Å². The largest absolute Gasteiger partial charge is 0.416 e. The summed E-state index contributed by atoms with van der Waals surface area (Å²) in [5.74, 6) is 0. The van der Waals surface area contributed by atoms with E-state index < -0.39 is 67.3 Å². The molecule has 0 amide bonds. The Hall–Kier alpha value is -3.74. The lowest BCUT2D eigenvalue weighted by Crippen LogP contribution is -2.67. The van der Waals surface area contributed by atoms with Crippen LogP contribution in [-0.2, 0) is 29.7 Å². The van der Waals surface area contributed by atoms with Crippen molar-refractivity contribution in [2.45, 2.75) is 88.5 Å². The normalized spacial score (nSPS) is 21.8. The van der Waals surface area contributed by atoms with E-state index in [1.165, 1.54) is 5.19 Å². The molecule has 15 heteroatoms. The first-order chi connectivity index (χ1) is 34.6. The minimum atomic E-state index is -3.05. The van der Waals surface area contributed by atoms with Gasteiger partial charge in [0, 0.05) is 19.8 Å². The Morgan fingerprint density at radius 1 is 0.347 bits per heavy atom. The van der Waals surface area contributed by atoms with E-state index in [4.69, 9.17) is 29.7 Å². The maximum atomic E-state index is 7.71. The fourth-order valence-corrected chi connectivity index (χ4v) is 43.1. The third kappa shape index (κ3) is 15.2. The summed E-state index contributed by atoms with van der Waals surface area (Å²) in [4.78, 5) is 0. The molecule has 1 aliphatic rings. The number of hydrogen-bond acceptors (Lipinski definition) is 7.